The average Bonchev–Trinajstić information content (AvgIpc) is 3.14. The summed E-state index contributed by atoms with van der Waals surface area (Å²) in [6.45, 7) is 0. The van der Waals surface area contributed by atoms with Crippen LogP contribution in [0.1, 0.15) is 0 Å². The second-order valence-corrected chi connectivity index (χ2v) is 11.5. The van der Waals surface area contributed by atoms with Gasteiger partial charge in [-0.15, -0.1) is 0 Å². The van der Waals surface area contributed by atoms with E-state index in [2.05, 4.69) is 120 Å². The minimum atomic E-state index is 0.641. The highest BCUT2D eigenvalue weighted by molar-refractivity contribution is 6.20. The third-order valence-corrected chi connectivity index (χ3v) is 8.76. The first-order valence-corrected chi connectivity index (χ1v) is 15.4. The minimum Gasteiger partial charge on any atom is -0.264 e. The molecule has 2 aromatic heterocycles. The molecule has 0 aliphatic rings. The zero-order chi connectivity index (χ0) is 30.5. The van der Waals surface area contributed by atoms with Gasteiger partial charge in [0.15, 0.2) is 17.5 Å². The number of benzene rings is 7. The summed E-state index contributed by atoms with van der Waals surface area (Å²) in [7, 11) is 0. The van der Waals surface area contributed by atoms with Gasteiger partial charge in [0.1, 0.15) is 0 Å². The Morgan fingerprint density at radius 2 is 0.978 bits per heavy atom. The molecule has 9 rings (SSSR count). The van der Waals surface area contributed by atoms with Gasteiger partial charge in [0.25, 0.3) is 0 Å². The lowest BCUT2D eigenvalue weighted by atomic mass is 9.91. The van der Waals surface area contributed by atoms with Crippen LogP contribution in [0.5, 0.6) is 0 Å². The van der Waals surface area contributed by atoms with E-state index in [1.54, 1.807) is 0 Å². The van der Waals surface area contributed by atoms with Crippen LogP contribution in [-0.4, -0.2) is 19.9 Å². The summed E-state index contributed by atoms with van der Waals surface area (Å²) in [6, 6.07) is 50.9. The summed E-state index contributed by atoms with van der Waals surface area (Å²) >= 11 is 0. The molecule has 0 aliphatic heterocycles. The molecule has 0 saturated heterocycles. The van der Waals surface area contributed by atoms with Crippen LogP contribution in [0, 0.1) is 0 Å². The van der Waals surface area contributed by atoms with E-state index in [1.165, 1.54) is 37.9 Å². The molecule has 0 aliphatic carbocycles. The van der Waals surface area contributed by atoms with Gasteiger partial charge < -0.3 is 0 Å². The third-order valence-electron chi connectivity index (χ3n) is 8.76. The number of fused-ring (bicyclic) bond motifs is 6. The Kier molecular flexibility index (Phi) is 6.10. The van der Waals surface area contributed by atoms with Crippen LogP contribution >= 0.6 is 0 Å². The van der Waals surface area contributed by atoms with E-state index >= 15 is 0 Å². The molecule has 7 aromatic carbocycles. The zero-order valence-electron chi connectivity index (χ0n) is 24.8. The van der Waals surface area contributed by atoms with Crippen LogP contribution in [0.25, 0.3) is 88.4 Å². The smallest absolute Gasteiger partial charge is 0.164 e. The summed E-state index contributed by atoms with van der Waals surface area (Å²) in [4.78, 5) is 19.4. The molecule has 46 heavy (non-hydrogen) atoms. The first kappa shape index (κ1) is 26.2. The van der Waals surface area contributed by atoms with Gasteiger partial charge in [-0.2, -0.15) is 0 Å². The fourth-order valence-corrected chi connectivity index (χ4v) is 6.52. The molecule has 214 valence electrons. The summed E-state index contributed by atoms with van der Waals surface area (Å²) in [5.41, 5.74) is 5.13. The molecule has 0 unspecified atom stereocenters. The number of rotatable bonds is 4. The monoisotopic (exact) mass is 586 g/mol. The fourth-order valence-electron chi connectivity index (χ4n) is 6.52. The normalized spacial score (nSPS) is 11.5. The van der Waals surface area contributed by atoms with Crippen LogP contribution in [-0.2, 0) is 0 Å². The van der Waals surface area contributed by atoms with Crippen molar-refractivity contribution in [2.45, 2.75) is 0 Å². The van der Waals surface area contributed by atoms with E-state index in [0.717, 1.165) is 33.0 Å². The van der Waals surface area contributed by atoms with Crippen molar-refractivity contribution in [2.75, 3.05) is 0 Å². The van der Waals surface area contributed by atoms with Gasteiger partial charge in [-0.3, -0.25) is 4.98 Å². The molecule has 9 aromatic rings. The van der Waals surface area contributed by atoms with Crippen molar-refractivity contribution in [2.24, 2.45) is 0 Å². The highest BCUT2D eigenvalue weighted by Crippen LogP contribution is 2.38. The first-order chi connectivity index (χ1) is 22.8. The highest BCUT2D eigenvalue weighted by Gasteiger charge is 2.15. The first-order valence-electron chi connectivity index (χ1n) is 15.4. The van der Waals surface area contributed by atoms with Gasteiger partial charge in [-0.25, -0.2) is 15.0 Å². The van der Waals surface area contributed by atoms with E-state index in [4.69, 9.17) is 15.0 Å². The topological polar surface area (TPSA) is 51.6 Å². The maximum absolute atomic E-state index is 5.06. The maximum atomic E-state index is 5.06. The van der Waals surface area contributed by atoms with Crippen LogP contribution < -0.4 is 0 Å². The predicted molar refractivity (Wildman–Crippen MR) is 189 cm³/mol. The Bertz CT molecular complexity index is 2590. The van der Waals surface area contributed by atoms with Crippen LogP contribution in [0.15, 0.2) is 158 Å². The Balaban J connectivity index is 1.23. The molecule has 0 radical (unpaired) electrons. The van der Waals surface area contributed by atoms with Crippen molar-refractivity contribution in [1.82, 2.24) is 19.9 Å². The zero-order valence-corrected chi connectivity index (χ0v) is 24.8. The van der Waals surface area contributed by atoms with Gasteiger partial charge in [-0.1, -0.05) is 127 Å². The maximum Gasteiger partial charge on any atom is 0.164 e. The molecule has 0 spiro atoms. The van der Waals surface area contributed by atoms with Crippen LogP contribution in [0.2, 0.25) is 0 Å². The second kappa shape index (κ2) is 10.7. The largest absolute Gasteiger partial charge is 0.264 e. The van der Waals surface area contributed by atoms with Crippen molar-refractivity contribution in [3.8, 4) is 45.3 Å². The lowest BCUT2D eigenvalue weighted by Crippen LogP contribution is -2.00. The Labute approximate surface area is 265 Å². The standard InChI is InChI=1S/C42H26N4/c1-2-9-29(10-3-1)40-44-41(46-42(45-40)33-17-16-27-8-4-5-11-30(27)24-33)32-14-6-13-31(25-32)36-15-7-12-28-18-20-37-35-22-23-43-26-34(35)19-21-38(37)39(28)36/h1-26H. The molecule has 2 heterocycles. The predicted octanol–water partition coefficient (Wildman–Crippen LogP) is 10.5. The van der Waals surface area contributed by atoms with Crippen molar-refractivity contribution in [3.63, 3.8) is 0 Å². The van der Waals surface area contributed by atoms with E-state index in [1.807, 2.05) is 42.7 Å². The summed E-state index contributed by atoms with van der Waals surface area (Å²) in [6.07, 6.45) is 3.80. The van der Waals surface area contributed by atoms with Crippen molar-refractivity contribution in [3.05, 3.63) is 158 Å². The van der Waals surface area contributed by atoms with E-state index < -0.39 is 0 Å². The third kappa shape index (κ3) is 4.47. The SMILES string of the molecule is c1ccc(-c2nc(-c3cccc(-c4cccc5ccc6c7ccncc7ccc6c45)c3)nc(-c3ccc4ccccc4c3)n2)cc1. The molecule has 0 fully saturated rings. The minimum absolute atomic E-state index is 0.641. The summed E-state index contributed by atoms with van der Waals surface area (Å²) in [5, 5.41) is 9.56. The van der Waals surface area contributed by atoms with E-state index in [0.29, 0.717) is 17.5 Å². The van der Waals surface area contributed by atoms with Gasteiger partial charge in [0, 0.05) is 34.5 Å². The van der Waals surface area contributed by atoms with Gasteiger partial charge in [-0.05, 0) is 67.0 Å². The van der Waals surface area contributed by atoms with Gasteiger partial charge in [0.2, 0.25) is 0 Å². The van der Waals surface area contributed by atoms with Crippen LogP contribution in [0.3, 0.4) is 0 Å². The van der Waals surface area contributed by atoms with Crippen molar-refractivity contribution < 1.29 is 0 Å². The van der Waals surface area contributed by atoms with Crippen molar-refractivity contribution in [1.29, 1.82) is 0 Å². The number of nitrogens with zero attached hydrogens (tertiary/aromatic N) is 4. The number of hydrogen-bond acceptors (Lipinski definition) is 4. The molecule has 0 saturated carbocycles. The average molecular weight is 587 g/mol. The molecule has 0 bridgehead atoms. The Hall–Kier alpha value is -6.26. The summed E-state index contributed by atoms with van der Waals surface area (Å²) in [5.74, 6) is 1.94. The molecule has 4 nitrogen and oxygen atoms in total. The lowest BCUT2D eigenvalue weighted by Gasteiger charge is -2.13. The molecule has 0 amide bonds. The van der Waals surface area contributed by atoms with E-state index in [-0.39, 0.29) is 0 Å². The number of pyridine rings is 1. The van der Waals surface area contributed by atoms with Crippen molar-refractivity contribution >= 4 is 43.1 Å². The van der Waals surface area contributed by atoms with Gasteiger partial charge >= 0.3 is 0 Å². The Morgan fingerprint density at radius 1 is 0.348 bits per heavy atom. The Morgan fingerprint density at radius 3 is 1.85 bits per heavy atom. The molecule has 0 atom stereocenters. The number of aromatic nitrogens is 4. The molecule has 0 N–H and O–H groups in total. The van der Waals surface area contributed by atoms with Crippen LogP contribution in [0.4, 0.5) is 0 Å². The molecule has 4 heteroatoms. The second-order valence-electron chi connectivity index (χ2n) is 11.5. The summed E-state index contributed by atoms with van der Waals surface area (Å²) < 4.78 is 0. The highest BCUT2D eigenvalue weighted by atomic mass is 15.0. The fraction of sp³-hybridized carbons (Fsp3) is 0. The molecular formula is C42H26N4. The molecular weight excluding hydrogens is 560 g/mol. The quantitative estimate of drug-likeness (QED) is 0.193. The van der Waals surface area contributed by atoms with E-state index in [9.17, 15) is 0 Å². The number of hydrogen-bond donors (Lipinski definition) is 0. The van der Waals surface area contributed by atoms with Gasteiger partial charge in [0.05, 0.1) is 0 Å². The lowest BCUT2D eigenvalue weighted by molar-refractivity contribution is 1.07.